The minimum absolute atomic E-state index is 0. The number of ether oxygens (including phenoxy) is 3. The maximum absolute atomic E-state index is 14.3. The molecule has 101 heavy (non-hydrogen) atoms. The van der Waals surface area contributed by atoms with E-state index in [9.17, 15) is 54.7 Å². The van der Waals surface area contributed by atoms with Crippen molar-refractivity contribution in [2.75, 3.05) is 124 Å². The normalized spacial score (nSPS) is 17.6. The first-order chi connectivity index (χ1) is 46.8. The van der Waals surface area contributed by atoms with Crippen molar-refractivity contribution in [1.82, 2.24) is 34.4 Å². The minimum Gasteiger partial charge on any atom is -0.446 e. The topological polar surface area (TPSA) is 161 Å². The van der Waals surface area contributed by atoms with E-state index in [1.54, 1.807) is 28.8 Å². The first kappa shape index (κ1) is 81.2. The van der Waals surface area contributed by atoms with Crippen molar-refractivity contribution < 1.29 is 68.9 Å². The number of likely N-dealkylation sites (tertiary alicyclic amines) is 2. The SMILES string of the molecule is Cc1nc(N(C)CCCCCC(=O)N(C)CCN2CCC(OC(=O)Nc3ccccc3-c3ccccc3)CC2)sc1C(=O)N(C)CCCN(C)C(=O)CO[C@H]1Cc2ccccc2C12CCN(CC[C@@]1(c3ccc(F)cc3)CN(C(=O)c3cc(C(F)(F)F)cc(C(F)(F)F)c3)CO1)CC2.Cl.Cl.Cl. The van der Waals surface area contributed by atoms with Crippen molar-refractivity contribution in [1.29, 1.82) is 0 Å². The first-order valence-corrected chi connectivity index (χ1v) is 34.3. The number of rotatable bonds is 26. The highest BCUT2D eigenvalue weighted by atomic mass is 35.5. The van der Waals surface area contributed by atoms with Crippen LogP contribution >= 0.6 is 48.6 Å². The number of amides is 5. The Morgan fingerprint density at radius 1 is 0.693 bits per heavy atom. The average Bonchev–Trinajstić information content (AvgIpc) is 1.52. The molecule has 3 aliphatic heterocycles. The molecule has 0 unspecified atom stereocenters. The number of anilines is 2. The molecule has 1 N–H and O–H groups in total. The molecule has 4 heterocycles. The molecule has 1 aromatic heterocycles. The number of nitrogens with one attached hydrogen (secondary N) is 1. The van der Waals surface area contributed by atoms with Crippen LogP contribution in [0.5, 0.6) is 0 Å². The van der Waals surface area contributed by atoms with Crippen LogP contribution in [0.2, 0.25) is 0 Å². The number of piperidine rings is 2. The predicted molar refractivity (Wildman–Crippen MR) is 382 cm³/mol. The number of halogens is 10. The van der Waals surface area contributed by atoms with Gasteiger partial charge in [-0.15, -0.1) is 37.2 Å². The lowest BCUT2D eigenvalue weighted by Crippen LogP contribution is -2.50. The van der Waals surface area contributed by atoms with Gasteiger partial charge in [-0.05, 0) is 136 Å². The van der Waals surface area contributed by atoms with Crippen LogP contribution in [0.3, 0.4) is 0 Å². The molecular formula is C73H89Cl3F7N9O8S. The lowest BCUT2D eigenvalue weighted by atomic mass is 9.72. The molecule has 6 aromatic rings. The van der Waals surface area contributed by atoms with E-state index in [4.69, 9.17) is 19.2 Å². The summed E-state index contributed by atoms with van der Waals surface area (Å²) in [6.07, 6.45) is -4.19. The highest BCUT2D eigenvalue weighted by Gasteiger charge is 2.50. The third-order valence-corrected chi connectivity index (χ3v) is 20.9. The number of thiazole rings is 1. The van der Waals surface area contributed by atoms with Crippen molar-refractivity contribution in [3.63, 3.8) is 0 Å². The monoisotopic (exact) mass is 1490 g/mol. The summed E-state index contributed by atoms with van der Waals surface area (Å²) in [4.78, 5) is 85.2. The molecule has 0 radical (unpaired) electrons. The molecule has 0 saturated carbocycles. The number of aryl methyl sites for hydroxylation is 1. The summed E-state index contributed by atoms with van der Waals surface area (Å²) in [7, 11) is 7.26. The van der Waals surface area contributed by atoms with Gasteiger partial charge >= 0.3 is 18.4 Å². The van der Waals surface area contributed by atoms with Gasteiger partial charge in [-0.25, -0.2) is 14.2 Å². The van der Waals surface area contributed by atoms with Crippen LogP contribution in [0.1, 0.15) is 118 Å². The predicted octanol–water partition coefficient (Wildman–Crippen LogP) is 14.0. The van der Waals surface area contributed by atoms with Gasteiger partial charge in [-0.2, -0.15) is 26.3 Å². The van der Waals surface area contributed by atoms with Crippen molar-refractivity contribution >= 4 is 89.1 Å². The van der Waals surface area contributed by atoms with Crippen LogP contribution in [-0.2, 0) is 53.6 Å². The third kappa shape index (κ3) is 20.4. The molecule has 3 saturated heterocycles. The highest BCUT2D eigenvalue weighted by molar-refractivity contribution is 7.17. The molecule has 1 aliphatic carbocycles. The van der Waals surface area contributed by atoms with Crippen LogP contribution in [0.25, 0.3) is 11.1 Å². The van der Waals surface area contributed by atoms with E-state index in [-0.39, 0.29) is 92.8 Å². The van der Waals surface area contributed by atoms with Crippen LogP contribution in [0.15, 0.2) is 121 Å². The Morgan fingerprint density at radius 3 is 2.00 bits per heavy atom. The Bertz CT molecular complexity index is 3720. The standard InChI is InChI=1S/C73H86F7N9O8S.3ClH/c1-50-65(98-68(81-50)86(5)33-15-7-10-23-63(90)84(3)41-42-87-36-28-58(29-37-87)97-69(94)82-61-22-14-12-20-59(61)51-17-8-6-9-18-51)67(93)85(4)35-16-34-83(2)64(91)47-95-62-45-52-19-11-13-21-60(52)70(62)30-38-88(39-31-70)40-32-71(54-24-26-57(74)27-25-54)48-89(49-96-71)66(92)53-43-55(72(75,76)77)46-56(44-53)73(78,79)80;;;/h6,8-9,11-14,17-22,24-27,43-44,46,58,62H,7,10,15-16,23,28-42,45,47-49H2,1-5H3,(H,82,94);3*1H/t62-,71-;;;/m0.../s1. The molecule has 10 rings (SSSR count). The molecule has 3 fully saturated rings. The van der Waals surface area contributed by atoms with Crippen molar-refractivity contribution in [2.45, 2.75) is 113 Å². The maximum atomic E-state index is 14.3. The van der Waals surface area contributed by atoms with E-state index in [1.807, 2.05) is 92.6 Å². The molecule has 0 bridgehead atoms. The van der Waals surface area contributed by atoms with Gasteiger partial charge in [0.2, 0.25) is 11.8 Å². The number of benzene rings is 5. The molecule has 550 valence electrons. The number of nitrogens with zero attached hydrogens (tertiary/aromatic N) is 8. The van der Waals surface area contributed by atoms with E-state index in [0.717, 1.165) is 84.0 Å². The Hall–Kier alpha value is -7.10. The molecule has 17 nitrogen and oxygen atoms in total. The van der Waals surface area contributed by atoms with Gasteiger partial charge in [0.05, 0.1) is 35.2 Å². The van der Waals surface area contributed by atoms with Gasteiger partial charge in [-0.1, -0.05) is 103 Å². The van der Waals surface area contributed by atoms with Gasteiger partial charge in [0.1, 0.15) is 35.7 Å². The molecular weight excluding hydrogens is 1400 g/mol. The largest absolute Gasteiger partial charge is 0.446 e. The first-order valence-electron chi connectivity index (χ1n) is 33.5. The van der Waals surface area contributed by atoms with E-state index >= 15 is 0 Å². The van der Waals surface area contributed by atoms with E-state index < -0.39 is 64.6 Å². The number of para-hydroxylation sites is 1. The number of hydrogen-bond donors (Lipinski definition) is 1. The Balaban J connectivity index is 0.00000477. The zero-order chi connectivity index (χ0) is 69.9. The molecule has 5 aromatic carbocycles. The second-order valence-electron chi connectivity index (χ2n) is 26.3. The van der Waals surface area contributed by atoms with Crippen molar-refractivity contribution in [3.8, 4) is 11.1 Å². The lowest BCUT2D eigenvalue weighted by Gasteiger charge is -2.44. The Labute approximate surface area is 608 Å². The van der Waals surface area contributed by atoms with E-state index in [0.29, 0.717) is 112 Å². The van der Waals surface area contributed by atoms with Gasteiger partial charge < -0.3 is 48.5 Å². The van der Waals surface area contributed by atoms with Crippen molar-refractivity contribution in [3.05, 3.63) is 171 Å². The van der Waals surface area contributed by atoms with Gasteiger partial charge in [-0.3, -0.25) is 24.5 Å². The number of unbranched alkanes of at least 4 members (excludes halogenated alkanes) is 2. The van der Waals surface area contributed by atoms with Gasteiger partial charge in [0.25, 0.3) is 11.8 Å². The average molecular weight is 1490 g/mol. The second-order valence-corrected chi connectivity index (χ2v) is 27.3. The van der Waals surface area contributed by atoms with E-state index in [1.165, 1.54) is 35.6 Å². The Morgan fingerprint density at radius 2 is 1.32 bits per heavy atom. The summed E-state index contributed by atoms with van der Waals surface area (Å²) in [5, 5.41) is 3.67. The fraction of sp³-hybridized carbons (Fsp3) is 0.479. The number of carbonyl (C=O) groups is 5. The molecule has 2 atom stereocenters. The third-order valence-electron chi connectivity index (χ3n) is 19.7. The number of aromatic nitrogens is 1. The summed E-state index contributed by atoms with van der Waals surface area (Å²) in [6, 6.07) is 31.9. The summed E-state index contributed by atoms with van der Waals surface area (Å²) < 4.78 is 116. The number of fused-ring (bicyclic) bond motifs is 2. The number of likely N-dealkylation sites (N-methyl/N-ethyl adjacent to an activating group) is 2. The second kappa shape index (κ2) is 35.9. The van der Waals surface area contributed by atoms with Gasteiger partial charge in [0.15, 0.2) is 5.13 Å². The van der Waals surface area contributed by atoms with Gasteiger partial charge in [0, 0.05) is 104 Å². The quantitative estimate of drug-likeness (QED) is 0.0405. The van der Waals surface area contributed by atoms with Crippen LogP contribution < -0.4 is 10.2 Å². The molecule has 28 heteroatoms. The summed E-state index contributed by atoms with van der Waals surface area (Å²) in [6.45, 7) is 7.05. The lowest BCUT2D eigenvalue weighted by molar-refractivity contribution is -0.143. The Kier molecular flexibility index (Phi) is 28.8. The number of carbonyl (C=O) groups excluding carboxylic acids is 5. The fourth-order valence-electron chi connectivity index (χ4n) is 13.8. The zero-order valence-electron chi connectivity index (χ0n) is 57.3. The van der Waals surface area contributed by atoms with Crippen LogP contribution in [0, 0.1) is 12.7 Å². The van der Waals surface area contributed by atoms with E-state index in [2.05, 4.69) is 27.2 Å². The summed E-state index contributed by atoms with van der Waals surface area (Å²) in [5.74, 6) is -1.85. The van der Waals surface area contributed by atoms with Crippen LogP contribution in [-0.4, -0.2) is 190 Å². The molecule has 4 aliphatic rings. The summed E-state index contributed by atoms with van der Waals surface area (Å²) in [5.41, 5.74) is 0.368. The van der Waals surface area contributed by atoms with Crippen molar-refractivity contribution in [2.24, 2.45) is 0 Å². The van der Waals surface area contributed by atoms with Crippen LogP contribution in [0.4, 0.5) is 46.3 Å². The minimum atomic E-state index is -5.15. The maximum Gasteiger partial charge on any atom is 0.416 e. The molecule has 5 amide bonds. The summed E-state index contributed by atoms with van der Waals surface area (Å²) >= 11 is 1.35. The fourth-order valence-corrected chi connectivity index (χ4v) is 14.8. The number of hydrogen-bond acceptors (Lipinski definition) is 13. The smallest absolute Gasteiger partial charge is 0.416 e. The zero-order valence-corrected chi connectivity index (χ0v) is 60.6. The number of alkyl halides is 6. The molecule has 1 spiro atoms. The highest BCUT2D eigenvalue weighted by Crippen LogP contribution is 2.49.